The number of amides is 1. The predicted molar refractivity (Wildman–Crippen MR) is 118 cm³/mol. The van der Waals surface area contributed by atoms with E-state index in [9.17, 15) is 14.7 Å². The van der Waals surface area contributed by atoms with E-state index in [0.29, 0.717) is 16.8 Å². The predicted octanol–water partition coefficient (Wildman–Crippen LogP) is 3.59. The summed E-state index contributed by atoms with van der Waals surface area (Å²) in [6.45, 7) is 1.81. The lowest BCUT2D eigenvalue weighted by atomic mass is 10.1. The average molecular weight is 415 g/mol. The number of aromatic hydroxyl groups is 1. The third-order valence-electron chi connectivity index (χ3n) is 5.09. The molecule has 0 spiro atoms. The molecule has 2 aromatic carbocycles. The molecule has 7 nitrogen and oxygen atoms in total. The van der Waals surface area contributed by atoms with Gasteiger partial charge in [-0.2, -0.15) is 0 Å². The molecule has 0 saturated carbocycles. The number of nitrogens with one attached hydrogen (secondary N) is 1. The Morgan fingerprint density at radius 3 is 2.61 bits per heavy atom. The fraction of sp³-hybridized carbons (Fsp3) is 0.125. The molecule has 0 aliphatic rings. The van der Waals surface area contributed by atoms with Crippen LogP contribution >= 0.6 is 0 Å². The molecule has 4 rings (SSSR count). The van der Waals surface area contributed by atoms with Gasteiger partial charge in [0.1, 0.15) is 17.1 Å². The Bertz CT molecular complexity index is 1320. The number of carbonyl (C=O) groups excluding carboxylic acids is 1. The Morgan fingerprint density at radius 2 is 1.87 bits per heavy atom. The molecule has 7 heteroatoms. The highest BCUT2D eigenvalue weighted by atomic mass is 16.5. The lowest BCUT2D eigenvalue weighted by molar-refractivity contribution is 0.0935. The molecular weight excluding hydrogens is 394 g/mol. The van der Waals surface area contributed by atoms with Gasteiger partial charge in [-0.15, -0.1) is 0 Å². The number of carbonyl (C=O) groups is 1. The molecule has 0 fully saturated rings. The molecule has 0 bridgehead atoms. The number of benzene rings is 2. The van der Waals surface area contributed by atoms with Crippen LogP contribution in [0.4, 0.5) is 0 Å². The molecule has 0 radical (unpaired) electrons. The monoisotopic (exact) mass is 415 g/mol. The van der Waals surface area contributed by atoms with Gasteiger partial charge in [0, 0.05) is 12.3 Å². The number of rotatable bonds is 5. The van der Waals surface area contributed by atoms with Gasteiger partial charge in [0.15, 0.2) is 5.65 Å². The van der Waals surface area contributed by atoms with E-state index in [0.717, 1.165) is 5.56 Å². The van der Waals surface area contributed by atoms with E-state index in [1.165, 1.54) is 17.9 Å². The zero-order chi connectivity index (χ0) is 22.0. The Kier molecular flexibility index (Phi) is 5.41. The lowest BCUT2D eigenvalue weighted by Gasteiger charge is -2.17. The van der Waals surface area contributed by atoms with Gasteiger partial charge in [-0.1, -0.05) is 36.4 Å². The van der Waals surface area contributed by atoms with Gasteiger partial charge >= 0.3 is 0 Å². The number of fused-ring (bicyclic) bond motifs is 1. The van der Waals surface area contributed by atoms with Crippen molar-refractivity contribution in [1.82, 2.24) is 14.9 Å². The van der Waals surface area contributed by atoms with Crippen LogP contribution in [0.5, 0.6) is 11.5 Å². The number of hydrogen-bond donors (Lipinski definition) is 2. The summed E-state index contributed by atoms with van der Waals surface area (Å²) < 4.78 is 6.57. The number of ether oxygens (including phenoxy) is 1. The highest BCUT2D eigenvalue weighted by Crippen LogP contribution is 2.28. The van der Waals surface area contributed by atoms with Crippen molar-refractivity contribution >= 4 is 16.9 Å². The number of pyridine rings is 2. The van der Waals surface area contributed by atoms with Crippen LogP contribution in [0.2, 0.25) is 0 Å². The van der Waals surface area contributed by atoms with Gasteiger partial charge < -0.3 is 15.2 Å². The second-order valence-corrected chi connectivity index (χ2v) is 7.05. The van der Waals surface area contributed by atoms with E-state index in [1.807, 2.05) is 37.3 Å². The highest BCUT2D eigenvalue weighted by Gasteiger charge is 2.25. The van der Waals surface area contributed by atoms with Crippen LogP contribution in [0.3, 0.4) is 0 Å². The first-order chi connectivity index (χ1) is 15.0. The van der Waals surface area contributed by atoms with Gasteiger partial charge in [0.05, 0.1) is 24.2 Å². The molecule has 2 aromatic heterocycles. The smallest absolute Gasteiger partial charge is 0.273 e. The van der Waals surface area contributed by atoms with E-state index < -0.39 is 17.2 Å². The first kappa shape index (κ1) is 20.2. The molecule has 0 aliphatic heterocycles. The third-order valence-corrected chi connectivity index (χ3v) is 5.09. The van der Waals surface area contributed by atoms with E-state index in [-0.39, 0.29) is 17.3 Å². The number of nitrogens with zero attached hydrogens (tertiary/aromatic N) is 2. The molecule has 1 atom stereocenters. The van der Waals surface area contributed by atoms with Gasteiger partial charge in [-0.3, -0.25) is 14.2 Å². The van der Waals surface area contributed by atoms with Crippen LogP contribution in [0.15, 0.2) is 77.7 Å². The van der Waals surface area contributed by atoms with Crippen LogP contribution in [-0.4, -0.2) is 27.7 Å². The summed E-state index contributed by atoms with van der Waals surface area (Å²) >= 11 is 0. The summed E-state index contributed by atoms with van der Waals surface area (Å²) in [5, 5.41) is 13.9. The summed E-state index contributed by atoms with van der Waals surface area (Å²) in [6, 6.07) is 19.1. The Hall–Kier alpha value is -4.13. The van der Waals surface area contributed by atoms with E-state index >= 15 is 0 Å². The molecule has 0 saturated heterocycles. The number of aromatic nitrogens is 2. The Morgan fingerprint density at radius 1 is 1.10 bits per heavy atom. The summed E-state index contributed by atoms with van der Waals surface area (Å²) in [6.07, 6.45) is 1.52. The van der Waals surface area contributed by atoms with Crippen LogP contribution in [0.25, 0.3) is 16.7 Å². The van der Waals surface area contributed by atoms with Crippen molar-refractivity contribution in [1.29, 1.82) is 0 Å². The molecule has 2 heterocycles. The molecule has 2 N–H and O–H groups in total. The van der Waals surface area contributed by atoms with E-state index in [2.05, 4.69) is 10.3 Å². The second-order valence-electron chi connectivity index (χ2n) is 7.05. The fourth-order valence-electron chi connectivity index (χ4n) is 3.49. The normalized spacial score (nSPS) is 11.8. The van der Waals surface area contributed by atoms with Crippen molar-refractivity contribution < 1.29 is 14.6 Å². The topological polar surface area (TPSA) is 93.5 Å². The molecular formula is C24H21N3O4. The maximum atomic E-state index is 13.4. The minimum Gasteiger partial charge on any atom is -0.506 e. The maximum absolute atomic E-state index is 13.4. The fourth-order valence-corrected chi connectivity index (χ4v) is 3.49. The summed E-state index contributed by atoms with van der Waals surface area (Å²) in [5.41, 5.74) is 0.579. The summed E-state index contributed by atoms with van der Waals surface area (Å²) in [7, 11) is 1.53. The molecule has 1 amide bonds. The van der Waals surface area contributed by atoms with Crippen molar-refractivity contribution in [2.45, 2.75) is 13.0 Å². The SMILES string of the molecule is COc1cccc(-n2c(=O)c(C(=O)N[C@H](C)c3ccccc3)c(O)c3cccnc32)c1. The van der Waals surface area contributed by atoms with E-state index in [1.54, 1.807) is 36.4 Å². The van der Waals surface area contributed by atoms with Crippen molar-refractivity contribution in [3.05, 3.63) is 94.4 Å². The molecule has 31 heavy (non-hydrogen) atoms. The van der Waals surface area contributed by atoms with Gasteiger partial charge in [-0.05, 0) is 36.8 Å². The first-order valence-electron chi connectivity index (χ1n) is 9.74. The minimum atomic E-state index is -0.672. The largest absolute Gasteiger partial charge is 0.506 e. The Balaban J connectivity index is 1.88. The van der Waals surface area contributed by atoms with Crippen molar-refractivity contribution in [3.8, 4) is 17.2 Å². The third kappa shape index (κ3) is 3.73. The summed E-state index contributed by atoms with van der Waals surface area (Å²) in [4.78, 5) is 30.8. The van der Waals surface area contributed by atoms with Crippen molar-refractivity contribution in [3.63, 3.8) is 0 Å². The van der Waals surface area contributed by atoms with Crippen LogP contribution in [0, 0.1) is 0 Å². The van der Waals surface area contributed by atoms with Gasteiger partial charge in [0.2, 0.25) is 0 Å². The zero-order valence-electron chi connectivity index (χ0n) is 17.1. The standard InChI is InChI=1S/C24H21N3O4/c1-15(16-8-4-3-5-9-16)26-23(29)20-21(28)19-12-7-13-25-22(19)27(24(20)30)17-10-6-11-18(14-17)31-2/h3-15,28H,1-2H3,(H,26,29)/t15-/m1/s1. The minimum absolute atomic E-state index is 0.242. The lowest BCUT2D eigenvalue weighted by Crippen LogP contribution is -2.34. The van der Waals surface area contributed by atoms with E-state index in [4.69, 9.17) is 4.74 Å². The van der Waals surface area contributed by atoms with Crippen LogP contribution in [-0.2, 0) is 0 Å². The quantitative estimate of drug-likeness (QED) is 0.520. The molecule has 0 aliphatic carbocycles. The Labute approximate surface area is 178 Å². The zero-order valence-corrected chi connectivity index (χ0v) is 17.1. The second kappa shape index (κ2) is 8.31. The molecule has 4 aromatic rings. The van der Waals surface area contributed by atoms with Gasteiger partial charge in [-0.25, -0.2) is 4.98 Å². The van der Waals surface area contributed by atoms with Crippen LogP contribution in [0.1, 0.15) is 28.9 Å². The molecule has 156 valence electrons. The van der Waals surface area contributed by atoms with Crippen molar-refractivity contribution in [2.24, 2.45) is 0 Å². The molecule has 0 unspecified atom stereocenters. The number of hydrogen-bond acceptors (Lipinski definition) is 5. The summed E-state index contributed by atoms with van der Waals surface area (Å²) in [5.74, 6) is -0.517. The number of methoxy groups -OCH3 is 1. The first-order valence-corrected chi connectivity index (χ1v) is 9.74. The van der Waals surface area contributed by atoms with Crippen molar-refractivity contribution in [2.75, 3.05) is 7.11 Å². The highest BCUT2D eigenvalue weighted by molar-refractivity contribution is 6.02. The van der Waals surface area contributed by atoms with Gasteiger partial charge in [0.25, 0.3) is 11.5 Å². The van der Waals surface area contributed by atoms with Crippen LogP contribution < -0.4 is 15.6 Å². The average Bonchev–Trinajstić information content (AvgIpc) is 2.80. The maximum Gasteiger partial charge on any atom is 0.273 e.